The minimum atomic E-state index is -2.83. The Morgan fingerprint density at radius 1 is 0.944 bits per heavy atom. The molecular formula is C28H30Cl2N2O3S. The van der Waals surface area contributed by atoms with Crippen molar-refractivity contribution >= 4 is 34.0 Å². The molecule has 5 nitrogen and oxygen atoms in total. The van der Waals surface area contributed by atoms with E-state index in [1.165, 1.54) is 6.42 Å². The molecule has 8 heteroatoms. The van der Waals surface area contributed by atoms with Gasteiger partial charge in [0.25, 0.3) is 0 Å². The Balaban J connectivity index is 1.57. The summed E-state index contributed by atoms with van der Waals surface area (Å²) < 4.78 is 30.7. The van der Waals surface area contributed by atoms with Gasteiger partial charge in [-0.05, 0) is 61.9 Å². The molecule has 2 N–H and O–H groups in total. The molecule has 2 aliphatic heterocycles. The zero-order chi connectivity index (χ0) is 24.9. The highest BCUT2D eigenvalue weighted by molar-refractivity contribution is 8.22. The lowest BCUT2D eigenvalue weighted by molar-refractivity contribution is -0.0168. The van der Waals surface area contributed by atoms with E-state index in [1.54, 1.807) is 0 Å². The first kappa shape index (κ1) is 24.5. The van der Waals surface area contributed by atoms with Crippen molar-refractivity contribution in [1.29, 1.82) is 0 Å². The Morgan fingerprint density at radius 3 is 2.39 bits per heavy atom. The monoisotopic (exact) mass is 544 g/mol. The summed E-state index contributed by atoms with van der Waals surface area (Å²) in [5.41, 5.74) is 4.05. The maximum atomic E-state index is 11.0. The quantitative estimate of drug-likeness (QED) is 0.345. The molecule has 1 aromatic heterocycles. The predicted octanol–water partition coefficient (Wildman–Crippen LogP) is 8.62. The first-order chi connectivity index (χ1) is 17.4. The molecule has 36 heavy (non-hydrogen) atoms. The third-order valence-electron chi connectivity index (χ3n) is 7.82. The predicted molar refractivity (Wildman–Crippen MR) is 148 cm³/mol. The van der Waals surface area contributed by atoms with Crippen LogP contribution >= 0.6 is 34.0 Å². The summed E-state index contributed by atoms with van der Waals surface area (Å²) in [7, 11) is -2.83. The molecule has 1 atom stereocenters. The third kappa shape index (κ3) is 4.42. The van der Waals surface area contributed by atoms with Crippen LogP contribution in [-0.2, 0) is 0 Å². The molecule has 0 amide bonds. The Kier molecular flexibility index (Phi) is 6.47. The van der Waals surface area contributed by atoms with Gasteiger partial charge in [0.1, 0.15) is 5.60 Å². The lowest BCUT2D eigenvalue weighted by Gasteiger charge is -2.49. The van der Waals surface area contributed by atoms with E-state index in [9.17, 15) is 9.11 Å². The van der Waals surface area contributed by atoms with Crippen molar-refractivity contribution in [2.75, 3.05) is 12.3 Å². The van der Waals surface area contributed by atoms with Crippen molar-refractivity contribution < 1.29 is 13.8 Å². The molecule has 3 aliphatic rings. The van der Waals surface area contributed by atoms with Gasteiger partial charge in [0.2, 0.25) is 5.88 Å². The van der Waals surface area contributed by atoms with Crippen molar-refractivity contribution in [1.82, 2.24) is 9.29 Å². The zero-order valence-corrected chi connectivity index (χ0v) is 22.3. The van der Waals surface area contributed by atoms with Crippen LogP contribution in [0.15, 0.2) is 54.6 Å². The molecule has 1 saturated heterocycles. The van der Waals surface area contributed by atoms with Gasteiger partial charge >= 0.3 is 0 Å². The van der Waals surface area contributed by atoms with Gasteiger partial charge in [0, 0.05) is 39.7 Å². The molecule has 2 fully saturated rings. The number of ether oxygens (including phenoxy) is 1. The largest absolute Gasteiger partial charge is 0.471 e. The van der Waals surface area contributed by atoms with Gasteiger partial charge in [-0.1, -0.05) is 60.0 Å². The average Bonchev–Trinajstić information content (AvgIpc) is 3.23. The second-order valence-electron chi connectivity index (χ2n) is 10.2. The number of fused-ring (bicyclic) bond motifs is 1. The number of aromatic nitrogens is 1. The molecule has 2 aromatic carbocycles. The Hall–Kier alpha value is -1.80. The number of nitrogens with zero attached hydrogens (tertiary/aromatic N) is 2. The lowest BCUT2D eigenvalue weighted by atomic mass is 9.77. The molecule has 1 unspecified atom stereocenters. The van der Waals surface area contributed by atoms with Gasteiger partial charge < -0.3 is 4.74 Å². The minimum Gasteiger partial charge on any atom is -0.471 e. The van der Waals surface area contributed by atoms with Crippen LogP contribution in [0, 0.1) is 0 Å². The normalized spacial score (nSPS) is 23.7. The maximum Gasteiger partial charge on any atom is 0.219 e. The zero-order valence-electron chi connectivity index (χ0n) is 20.0. The summed E-state index contributed by atoms with van der Waals surface area (Å²) in [5, 5.41) is 1.28. The maximum absolute atomic E-state index is 11.0. The van der Waals surface area contributed by atoms with Crippen molar-refractivity contribution in [3.05, 3.63) is 70.2 Å². The van der Waals surface area contributed by atoms with Crippen LogP contribution in [0.4, 0.5) is 0 Å². The van der Waals surface area contributed by atoms with Gasteiger partial charge in [0.05, 0.1) is 17.5 Å². The van der Waals surface area contributed by atoms with E-state index in [0.717, 1.165) is 66.5 Å². The van der Waals surface area contributed by atoms with Gasteiger partial charge in [0.15, 0.2) is 0 Å². The van der Waals surface area contributed by atoms with Crippen LogP contribution in [0.1, 0.15) is 56.6 Å². The molecule has 1 aliphatic carbocycles. The molecule has 3 heterocycles. The van der Waals surface area contributed by atoms with E-state index < -0.39 is 10.8 Å². The van der Waals surface area contributed by atoms with Crippen LogP contribution in [-0.4, -0.2) is 36.3 Å². The standard InChI is InChI=1S/C28H30Cl2N2O3S/c29-20-11-9-19(10-12-20)22-17-23-25(32-15-6-16-36(32,33)34)18-28(13-4-1-5-14-28)35-27(23)31-26(22)21-7-2-3-8-24(21)30/h2-3,7-12,17,25,33-34H,1,4-6,13-16,18H2. The number of pyridine rings is 1. The van der Waals surface area contributed by atoms with Crippen molar-refractivity contribution in [2.24, 2.45) is 0 Å². The van der Waals surface area contributed by atoms with Crippen LogP contribution in [0.25, 0.3) is 22.4 Å². The first-order valence-electron chi connectivity index (χ1n) is 12.6. The fraction of sp³-hybridized carbons (Fsp3) is 0.393. The van der Waals surface area contributed by atoms with Crippen LogP contribution in [0.2, 0.25) is 10.0 Å². The fourth-order valence-corrected chi connectivity index (χ4v) is 8.17. The highest BCUT2D eigenvalue weighted by Gasteiger charge is 2.48. The molecule has 1 saturated carbocycles. The van der Waals surface area contributed by atoms with E-state index >= 15 is 0 Å². The number of hydrogen-bond acceptors (Lipinski definition) is 5. The number of rotatable bonds is 3. The van der Waals surface area contributed by atoms with Crippen LogP contribution in [0.5, 0.6) is 5.88 Å². The number of halogens is 2. The average molecular weight is 546 g/mol. The van der Waals surface area contributed by atoms with E-state index in [2.05, 4.69) is 6.07 Å². The number of benzene rings is 2. The molecular weight excluding hydrogens is 515 g/mol. The van der Waals surface area contributed by atoms with Gasteiger partial charge in [-0.25, -0.2) is 4.98 Å². The van der Waals surface area contributed by atoms with Gasteiger partial charge in [-0.2, -0.15) is 4.31 Å². The highest BCUT2D eigenvalue weighted by Crippen LogP contribution is 2.59. The minimum absolute atomic E-state index is 0.168. The summed E-state index contributed by atoms with van der Waals surface area (Å²) in [6, 6.07) is 17.4. The summed E-state index contributed by atoms with van der Waals surface area (Å²) in [5.74, 6) is 1.00. The third-order valence-corrected chi connectivity index (χ3v) is 10.4. The lowest BCUT2D eigenvalue weighted by Crippen LogP contribution is -2.46. The topological polar surface area (TPSA) is 65.8 Å². The molecule has 0 bridgehead atoms. The Labute approximate surface area is 223 Å². The molecule has 190 valence electrons. The van der Waals surface area contributed by atoms with Crippen molar-refractivity contribution in [3.63, 3.8) is 0 Å². The van der Waals surface area contributed by atoms with Crippen molar-refractivity contribution in [3.8, 4) is 28.3 Å². The van der Waals surface area contributed by atoms with Gasteiger partial charge in [-0.15, -0.1) is 10.8 Å². The first-order valence-corrected chi connectivity index (χ1v) is 15.1. The van der Waals surface area contributed by atoms with E-state index in [1.807, 2.05) is 52.8 Å². The summed E-state index contributed by atoms with van der Waals surface area (Å²) >= 11 is 12.9. The summed E-state index contributed by atoms with van der Waals surface area (Å²) in [4.78, 5) is 5.14. The highest BCUT2D eigenvalue weighted by atomic mass is 35.5. The second kappa shape index (κ2) is 9.50. The summed E-state index contributed by atoms with van der Waals surface area (Å²) in [6.07, 6.45) is 6.85. The molecule has 6 rings (SSSR count). The fourth-order valence-electron chi connectivity index (χ4n) is 6.05. The SMILES string of the molecule is OS1(O)CCCN1C1CC2(CCCCC2)Oc2nc(-c3ccccc3Cl)c(-c3ccc(Cl)cc3)cc21. The Morgan fingerprint density at radius 2 is 1.69 bits per heavy atom. The van der Waals surface area contributed by atoms with E-state index in [-0.39, 0.29) is 11.6 Å². The number of hydrogen-bond donors (Lipinski definition) is 2. The van der Waals surface area contributed by atoms with Crippen LogP contribution < -0.4 is 4.74 Å². The molecule has 0 radical (unpaired) electrons. The Bertz CT molecular complexity index is 1280. The van der Waals surface area contributed by atoms with Crippen molar-refractivity contribution in [2.45, 2.75) is 56.6 Å². The second-order valence-corrected chi connectivity index (χ2v) is 13.1. The van der Waals surface area contributed by atoms with Crippen LogP contribution in [0.3, 0.4) is 0 Å². The summed E-state index contributed by atoms with van der Waals surface area (Å²) in [6.45, 7) is 0.658. The smallest absolute Gasteiger partial charge is 0.219 e. The van der Waals surface area contributed by atoms with E-state index in [0.29, 0.717) is 28.2 Å². The van der Waals surface area contributed by atoms with E-state index in [4.69, 9.17) is 32.9 Å². The van der Waals surface area contributed by atoms with Gasteiger partial charge in [-0.3, -0.25) is 9.11 Å². The molecule has 3 aromatic rings. The molecule has 1 spiro atoms.